The number of carbonyl (C=O) groups excluding carboxylic acids is 1. The standard InChI is InChI=1S/C18H16ClN5O2S/c1-11-13(19)8-5-9-14(11)20-18(27)22-21-17(26)16-15(25)10-24(23-16)12-6-3-2-4-7-12/h2-10,25H,1H3,(H,21,26)(H2,20,22,27). The molecule has 0 spiro atoms. The monoisotopic (exact) mass is 401 g/mol. The van der Waals surface area contributed by atoms with Crippen molar-refractivity contribution >= 4 is 40.5 Å². The van der Waals surface area contributed by atoms with Gasteiger partial charge in [-0.3, -0.25) is 15.6 Å². The van der Waals surface area contributed by atoms with Crippen molar-refractivity contribution in [2.45, 2.75) is 6.92 Å². The number of aromatic hydroxyl groups is 1. The lowest BCUT2D eigenvalue weighted by atomic mass is 10.2. The first-order chi connectivity index (χ1) is 13.0. The first kappa shape index (κ1) is 18.7. The summed E-state index contributed by atoms with van der Waals surface area (Å²) >= 11 is 11.2. The Balaban J connectivity index is 1.63. The molecule has 1 heterocycles. The van der Waals surface area contributed by atoms with Crippen LogP contribution in [0.1, 0.15) is 16.1 Å². The van der Waals surface area contributed by atoms with Crippen LogP contribution in [0.3, 0.4) is 0 Å². The van der Waals surface area contributed by atoms with E-state index in [0.717, 1.165) is 5.56 Å². The topological polar surface area (TPSA) is 91.2 Å². The number of thiocarbonyl (C=S) groups is 1. The first-order valence-corrected chi connectivity index (χ1v) is 8.71. The average molecular weight is 402 g/mol. The molecule has 0 radical (unpaired) electrons. The van der Waals surface area contributed by atoms with Crippen LogP contribution in [0.2, 0.25) is 5.02 Å². The zero-order valence-electron chi connectivity index (χ0n) is 14.2. The number of rotatable bonds is 3. The summed E-state index contributed by atoms with van der Waals surface area (Å²) in [7, 11) is 0. The number of carbonyl (C=O) groups is 1. The number of nitrogens with zero attached hydrogens (tertiary/aromatic N) is 2. The summed E-state index contributed by atoms with van der Waals surface area (Å²) in [5.74, 6) is -0.878. The Morgan fingerprint density at radius 3 is 2.63 bits per heavy atom. The van der Waals surface area contributed by atoms with Crippen LogP contribution in [0.25, 0.3) is 5.69 Å². The molecule has 3 aromatic rings. The molecule has 0 bridgehead atoms. The van der Waals surface area contributed by atoms with E-state index in [4.69, 9.17) is 23.8 Å². The molecule has 0 aliphatic carbocycles. The van der Waals surface area contributed by atoms with Crippen molar-refractivity contribution in [1.82, 2.24) is 20.6 Å². The molecule has 138 valence electrons. The molecule has 0 saturated heterocycles. The lowest BCUT2D eigenvalue weighted by molar-refractivity contribution is 0.0936. The second-order valence-electron chi connectivity index (χ2n) is 5.59. The number of amides is 1. The molecule has 9 heteroatoms. The Morgan fingerprint density at radius 1 is 1.15 bits per heavy atom. The molecular weight excluding hydrogens is 386 g/mol. The summed E-state index contributed by atoms with van der Waals surface area (Å²) in [6.45, 7) is 1.85. The van der Waals surface area contributed by atoms with Gasteiger partial charge in [0, 0.05) is 10.7 Å². The Hall–Kier alpha value is -3.10. The summed E-state index contributed by atoms with van der Waals surface area (Å²) in [4.78, 5) is 12.3. The summed E-state index contributed by atoms with van der Waals surface area (Å²) in [5.41, 5.74) is 7.09. The molecule has 0 atom stereocenters. The number of halogens is 1. The molecule has 7 nitrogen and oxygen atoms in total. The van der Waals surface area contributed by atoms with Crippen molar-refractivity contribution in [3.8, 4) is 11.4 Å². The van der Waals surface area contributed by atoms with E-state index in [2.05, 4.69) is 21.3 Å². The number of aromatic nitrogens is 2. The predicted octanol–water partition coefficient (Wildman–Crippen LogP) is 3.17. The third kappa shape index (κ3) is 4.36. The number of hydrazine groups is 1. The minimum absolute atomic E-state index is 0.131. The van der Waals surface area contributed by atoms with Crippen LogP contribution in [0, 0.1) is 6.92 Å². The number of para-hydroxylation sites is 1. The highest BCUT2D eigenvalue weighted by Gasteiger charge is 2.17. The molecule has 2 aromatic carbocycles. The van der Waals surface area contributed by atoms with Crippen LogP contribution in [0.15, 0.2) is 54.7 Å². The van der Waals surface area contributed by atoms with Crippen molar-refractivity contribution in [3.63, 3.8) is 0 Å². The van der Waals surface area contributed by atoms with Gasteiger partial charge in [0.1, 0.15) is 0 Å². The van der Waals surface area contributed by atoms with Gasteiger partial charge in [-0.25, -0.2) is 4.68 Å². The van der Waals surface area contributed by atoms with E-state index >= 15 is 0 Å². The van der Waals surface area contributed by atoms with Crippen molar-refractivity contribution in [3.05, 3.63) is 71.0 Å². The molecule has 0 aliphatic heterocycles. The lowest BCUT2D eigenvalue weighted by Gasteiger charge is -2.13. The third-order valence-corrected chi connectivity index (χ3v) is 4.35. The van der Waals surface area contributed by atoms with Crippen LogP contribution in [0.5, 0.6) is 5.75 Å². The van der Waals surface area contributed by atoms with Gasteiger partial charge in [0.25, 0.3) is 5.91 Å². The van der Waals surface area contributed by atoms with E-state index in [1.807, 2.05) is 31.2 Å². The first-order valence-electron chi connectivity index (χ1n) is 7.92. The Bertz CT molecular complexity index is 991. The van der Waals surface area contributed by atoms with E-state index < -0.39 is 5.91 Å². The SMILES string of the molecule is Cc1c(Cl)cccc1NC(=S)NNC(=O)c1nn(-c2ccccc2)cc1O. The molecule has 4 N–H and O–H groups in total. The second kappa shape index (κ2) is 8.07. The molecule has 0 saturated carbocycles. The number of anilines is 1. The minimum atomic E-state index is -0.630. The number of hydrogen-bond donors (Lipinski definition) is 4. The fourth-order valence-corrected chi connectivity index (χ4v) is 2.64. The Labute approximate surface area is 165 Å². The van der Waals surface area contributed by atoms with Crippen LogP contribution >= 0.6 is 23.8 Å². The fraction of sp³-hybridized carbons (Fsp3) is 0.0556. The van der Waals surface area contributed by atoms with Crippen LogP contribution in [0.4, 0.5) is 5.69 Å². The largest absolute Gasteiger partial charge is 0.504 e. The fourth-order valence-electron chi connectivity index (χ4n) is 2.31. The van der Waals surface area contributed by atoms with Gasteiger partial charge in [-0.15, -0.1) is 0 Å². The van der Waals surface area contributed by atoms with Gasteiger partial charge in [-0.2, -0.15) is 5.10 Å². The minimum Gasteiger partial charge on any atom is -0.504 e. The number of hydrogen-bond acceptors (Lipinski definition) is 4. The summed E-state index contributed by atoms with van der Waals surface area (Å²) in [6.07, 6.45) is 1.36. The Morgan fingerprint density at radius 2 is 1.89 bits per heavy atom. The molecule has 1 amide bonds. The van der Waals surface area contributed by atoms with Crippen molar-refractivity contribution in [2.24, 2.45) is 0 Å². The van der Waals surface area contributed by atoms with Crippen molar-refractivity contribution < 1.29 is 9.90 Å². The third-order valence-electron chi connectivity index (χ3n) is 3.74. The highest BCUT2D eigenvalue weighted by Crippen LogP contribution is 2.22. The van der Waals surface area contributed by atoms with Crippen molar-refractivity contribution in [1.29, 1.82) is 0 Å². The predicted molar refractivity (Wildman–Crippen MR) is 108 cm³/mol. The van der Waals surface area contributed by atoms with Crippen LogP contribution < -0.4 is 16.2 Å². The maximum absolute atomic E-state index is 12.3. The summed E-state index contributed by atoms with van der Waals surface area (Å²) < 4.78 is 1.41. The highest BCUT2D eigenvalue weighted by molar-refractivity contribution is 7.80. The Kier molecular flexibility index (Phi) is 5.58. The average Bonchev–Trinajstić information content (AvgIpc) is 3.06. The molecule has 0 fully saturated rings. The lowest BCUT2D eigenvalue weighted by Crippen LogP contribution is -2.44. The maximum Gasteiger partial charge on any atom is 0.294 e. The van der Waals surface area contributed by atoms with Gasteiger partial charge < -0.3 is 10.4 Å². The maximum atomic E-state index is 12.3. The van der Waals surface area contributed by atoms with Crippen LogP contribution in [-0.2, 0) is 0 Å². The van der Waals surface area contributed by atoms with Gasteiger partial charge in [-0.05, 0) is 49.0 Å². The quantitative estimate of drug-likeness (QED) is 0.398. The molecular formula is C18H16ClN5O2S. The van der Waals surface area contributed by atoms with Gasteiger partial charge >= 0.3 is 0 Å². The zero-order chi connectivity index (χ0) is 19.4. The van der Waals surface area contributed by atoms with E-state index in [9.17, 15) is 9.90 Å². The highest BCUT2D eigenvalue weighted by atomic mass is 35.5. The second-order valence-corrected chi connectivity index (χ2v) is 6.40. The van der Waals surface area contributed by atoms with Gasteiger partial charge in [0.2, 0.25) is 0 Å². The number of benzene rings is 2. The van der Waals surface area contributed by atoms with E-state index in [1.54, 1.807) is 24.3 Å². The molecule has 27 heavy (non-hydrogen) atoms. The van der Waals surface area contributed by atoms with E-state index in [1.165, 1.54) is 10.9 Å². The van der Waals surface area contributed by atoms with E-state index in [-0.39, 0.29) is 16.6 Å². The number of nitrogens with one attached hydrogen (secondary N) is 3. The molecule has 0 unspecified atom stereocenters. The van der Waals surface area contributed by atoms with Crippen molar-refractivity contribution in [2.75, 3.05) is 5.32 Å². The van der Waals surface area contributed by atoms with E-state index in [0.29, 0.717) is 16.4 Å². The molecule has 3 rings (SSSR count). The summed E-state index contributed by atoms with van der Waals surface area (Å²) in [6, 6.07) is 14.5. The van der Waals surface area contributed by atoms with Gasteiger partial charge in [0.05, 0.1) is 11.9 Å². The smallest absolute Gasteiger partial charge is 0.294 e. The van der Waals surface area contributed by atoms with Crippen LogP contribution in [-0.4, -0.2) is 25.9 Å². The molecule has 0 aliphatic rings. The zero-order valence-corrected chi connectivity index (χ0v) is 15.8. The summed E-state index contributed by atoms with van der Waals surface area (Å²) in [5, 5.41) is 17.8. The normalized spacial score (nSPS) is 10.3. The van der Waals surface area contributed by atoms with Gasteiger partial charge in [-0.1, -0.05) is 35.9 Å². The molecule has 1 aromatic heterocycles. The van der Waals surface area contributed by atoms with Gasteiger partial charge in [0.15, 0.2) is 16.6 Å².